The molecule has 1 N–H and O–H groups in total. The van der Waals surface area contributed by atoms with Gasteiger partial charge in [-0.05, 0) is 26.4 Å². The van der Waals surface area contributed by atoms with Crippen LogP contribution < -0.4 is 5.32 Å². The van der Waals surface area contributed by atoms with Crippen LogP contribution in [0.4, 0.5) is 13.2 Å². The monoisotopic (exact) mass is 181 g/mol. The predicted molar refractivity (Wildman–Crippen MR) is 43.0 cm³/mol. The fraction of sp³-hybridized carbons (Fsp3) is 0.750. The van der Waals surface area contributed by atoms with E-state index < -0.39 is 12.6 Å². The Hall–Kier alpha value is -0.510. The van der Waals surface area contributed by atoms with Crippen LogP contribution in [0.25, 0.3) is 0 Å². The summed E-state index contributed by atoms with van der Waals surface area (Å²) in [5, 5.41) is 2.92. The van der Waals surface area contributed by atoms with Gasteiger partial charge in [-0.15, -0.1) is 0 Å². The Morgan fingerprint density at radius 3 is 2.42 bits per heavy atom. The molecule has 0 radical (unpaired) electrons. The first-order valence-corrected chi connectivity index (χ1v) is 3.92. The van der Waals surface area contributed by atoms with Gasteiger partial charge in [-0.3, -0.25) is 0 Å². The van der Waals surface area contributed by atoms with Crippen LogP contribution in [0.3, 0.4) is 0 Å². The quantitative estimate of drug-likeness (QED) is 0.507. The van der Waals surface area contributed by atoms with Gasteiger partial charge in [0.05, 0.1) is 6.42 Å². The van der Waals surface area contributed by atoms with Gasteiger partial charge >= 0.3 is 6.18 Å². The van der Waals surface area contributed by atoms with Crippen LogP contribution in [0.1, 0.15) is 19.3 Å². The summed E-state index contributed by atoms with van der Waals surface area (Å²) >= 11 is 0. The highest BCUT2D eigenvalue weighted by molar-refractivity contribution is 4.83. The number of hydrogen-bond acceptors (Lipinski definition) is 1. The number of alkyl halides is 3. The van der Waals surface area contributed by atoms with Crippen LogP contribution in [0, 0.1) is 0 Å². The second-order valence-corrected chi connectivity index (χ2v) is 2.54. The molecule has 0 saturated heterocycles. The average molecular weight is 181 g/mol. The average Bonchev–Trinajstić information content (AvgIpc) is 1.94. The SMILES string of the molecule is CNCCC/C=C/CC(F)(F)F. The molecule has 12 heavy (non-hydrogen) atoms. The Labute approximate surface area is 70.7 Å². The summed E-state index contributed by atoms with van der Waals surface area (Å²) in [6.45, 7) is 0.844. The van der Waals surface area contributed by atoms with Gasteiger partial charge in [0.15, 0.2) is 0 Å². The fourth-order valence-electron chi connectivity index (χ4n) is 0.732. The van der Waals surface area contributed by atoms with E-state index in [1.54, 1.807) is 6.08 Å². The van der Waals surface area contributed by atoms with E-state index in [1.165, 1.54) is 6.08 Å². The van der Waals surface area contributed by atoms with Crippen molar-refractivity contribution < 1.29 is 13.2 Å². The minimum atomic E-state index is -4.06. The van der Waals surface area contributed by atoms with Crippen molar-refractivity contribution in [2.75, 3.05) is 13.6 Å². The van der Waals surface area contributed by atoms with Gasteiger partial charge in [0.25, 0.3) is 0 Å². The van der Waals surface area contributed by atoms with Crippen LogP contribution in [-0.4, -0.2) is 19.8 Å². The van der Waals surface area contributed by atoms with Gasteiger partial charge in [0, 0.05) is 0 Å². The standard InChI is InChI=1S/C8H14F3N/c1-12-7-5-3-2-4-6-8(9,10)11/h2,4,12H,3,5-7H2,1H3/b4-2+. The summed E-state index contributed by atoms with van der Waals surface area (Å²) in [5.41, 5.74) is 0. The zero-order chi connectivity index (χ0) is 9.45. The Balaban J connectivity index is 3.26. The molecule has 0 spiro atoms. The van der Waals surface area contributed by atoms with E-state index in [-0.39, 0.29) is 0 Å². The summed E-state index contributed by atoms with van der Waals surface area (Å²) in [6, 6.07) is 0. The van der Waals surface area contributed by atoms with Crippen molar-refractivity contribution in [1.82, 2.24) is 5.32 Å². The van der Waals surface area contributed by atoms with Crippen molar-refractivity contribution in [2.24, 2.45) is 0 Å². The van der Waals surface area contributed by atoms with Gasteiger partial charge < -0.3 is 5.32 Å². The minimum absolute atomic E-state index is 0.705. The van der Waals surface area contributed by atoms with E-state index in [0.29, 0.717) is 6.42 Å². The molecule has 0 heterocycles. The van der Waals surface area contributed by atoms with Crippen molar-refractivity contribution >= 4 is 0 Å². The second-order valence-electron chi connectivity index (χ2n) is 2.54. The molecule has 0 aromatic carbocycles. The lowest BCUT2D eigenvalue weighted by Gasteiger charge is -2.00. The van der Waals surface area contributed by atoms with E-state index in [2.05, 4.69) is 5.32 Å². The summed E-state index contributed by atoms with van der Waals surface area (Å²) in [4.78, 5) is 0. The van der Waals surface area contributed by atoms with Crippen molar-refractivity contribution in [2.45, 2.75) is 25.4 Å². The van der Waals surface area contributed by atoms with E-state index in [9.17, 15) is 13.2 Å². The molecular formula is C8H14F3N. The second kappa shape index (κ2) is 6.06. The zero-order valence-electron chi connectivity index (χ0n) is 7.12. The lowest BCUT2D eigenvalue weighted by Crippen LogP contribution is -2.06. The fourth-order valence-corrected chi connectivity index (χ4v) is 0.732. The molecule has 0 aliphatic carbocycles. The Kier molecular flexibility index (Phi) is 5.80. The molecule has 0 aliphatic heterocycles. The highest BCUT2D eigenvalue weighted by Crippen LogP contribution is 2.19. The number of nitrogens with one attached hydrogen (secondary N) is 1. The lowest BCUT2D eigenvalue weighted by molar-refractivity contribution is -0.125. The third-order valence-corrected chi connectivity index (χ3v) is 1.31. The van der Waals surface area contributed by atoms with E-state index in [4.69, 9.17) is 0 Å². The molecule has 72 valence electrons. The smallest absolute Gasteiger partial charge is 0.320 e. The van der Waals surface area contributed by atoms with Crippen molar-refractivity contribution in [3.05, 3.63) is 12.2 Å². The summed E-state index contributed by atoms with van der Waals surface area (Å²) in [7, 11) is 1.82. The molecule has 0 fully saturated rings. The maximum Gasteiger partial charge on any atom is 0.392 e. The van der Waals surface area contributed by atoms with Crippen molar-refractivity contribution in [1.29, 1.82) is 0 Å². The Morgan fingerprint density at radius 2 is 1.92 bits per heavy atom. The minimum Gasteiger partial charge on any atom is -0.320 e. The molecular weight excluding hydrogens is 167 g/mol. The molecule has 0 aromatic rings. The van der Waals surface area contributed by atoms with Crippen LogP contribution in [-0.2, 0) is 0 Å². The van der Waals surface area contributed by atoms with Gasteiger partial charge in [0.1, 0.15) is 0 Å². The molecule has 1 nitrogen and oxygen atoms in total. The van der Waals surface area contributed by atoms with Gasteiger partial charge in [0.2, 0.25) is 0 Å². The van der Waals surface area contributed by atoms with Crippen LogP contribution >= 0.6 is 0 Å². The lowest BCUT2D eigenvalue weighted by atomic mass is 10.2. The van der Waals surface area contributed by atoms with Crippen LogP contribution in [0.5, 0.6) is 0 Å². The maximum atomic E-state index is 11.6. The molecule has 0 saturated carbocycles. The molecule has 0 aliphatic rings. The van der Waals surface area contributed by atoms with Gasteiger partial charge in [-0.1, -0.05) is 12.2 Å². The maximum absolute atomic E-state index is 11.6. The molecule has 0 amide bonds. The van der Waals surface area contributed by atoms with Crippen molar-refractivity contribution in [3.63, 3.8) is 0 Å². The third kappa shape index (κ3) is 9.49. The first-order valence-electron chi connectivity index (χ1n) is 3.92. The highest BCUT2D eigenvalue weighted by atomic mass is 19.4. The highest BCUT2D eigenvalue weighted by Gasteiger charge is 2.24. The molecule has 0 rings (SSSR count). The van der Waals surface area contributed by atoms with Crippen molar-refractivity contribution in [3.8, 4) is 0 Å². The summed E-state index contributed by atoms with van der Waals surface area (Å²) in [6.07, 6.45) is -0.533. The summed E-state index contributed by atoms with van der Waals surface area (Å²) < 4.78 is 34.7. The predicted octanol–water partition coefficient (Wildman–Crippen LogP) is 2.49. The topological polar surface area (TPSA) is 12.0 Å². The van der Waals surface area contributed by atoms with E-state index in [0.717, 1.165) is 13.0 Å². The molecule has 0 atom stereocenters. The summed E-state index contributed by atoms with van der Waals surface area (Å²) in [5.74, 6) is 0. The normalized spacial score (nSPS) is 12.7. The first-order chi connectivity index (χ1) is 5.56. The first kappa shape index (κ1) is 11.5. The molecule has 0 bridgehead atoms. The number of rotatable bonds is 5. The molecule has 0 unspecified atom stereocenters. The van der Waals surface area contributed by atoms with E-state index in [1.807, 2.05) is 7.05 Å². The van der Waals surface area contributed by atoms with Gasteiger partial charge in [-0.2, -0.15) is 13.2 Å². The van der Waals surface area contributed by atoms with Gasteiger partial charge in [-0.25, -0.2) is 0 Å². The number of allylic oxidation sites excluding steroid dienone is 2. The molecule has 0 aromatic heterocycles. The number of hydrogen-bond donors (Lipinski definition) is 1. The zero-order valence-corrected chi connectivity index (χ0v) is 7.12. The molecule has 4 heteroatoms. The third-order valence-electron chi connectivity index (χ3n) is 1.31. The number of halogens is 3. The van der Waals surface area contributed by atoms with E-state index >= 15 is 0 Å². The van der Waals surface area contributed by atoms with Crippen LogP contribution in [0.15, 0.2) is 12.2 Å². The largest absolute Gasteiger partial charge is 0.392 e. The van der Waals surface area contributed by atoms with Crippen LogP contribution in [0.2, 0.25) is 0 Å². The Bertz CT molecular complexity index is 129. The Morgan fingerprint density at radius 1 is 1.25 bits per heavy atom. The number of unbranched alkanes of at least 4 members (excludes halogenated alkanes) is 1.